The van der Waals surface area contributed by atoms with E-state index >= 15 is 0 Å². The quantitative estimate of drug-likeness (QED) is 0.663. The minimum Gasteiger partial charge on any atom is -0.394 e. The molecule has 0 aliphatic rings. The minimum absolute atomic E-state index is 0.0581. The molecule has 4 nitrogen and oxygen atoms in total. The van der Waals surface area contributed by atoms with Crippen LogP contribution in [0.5, 0.6) is 0 Å². The number of aromatic nitrogens is 1. The summed E-state index contributed by atoms with van der Waals surface area (Å²) in [6.45, 7) is 4.05. The van der Waals surface area contributed by atoms with Gasteiger partial charge >= 0.3 is 0 Å². The van der Waals surface area contributed by atoms with Gasteiger partial charge in [0.05, 0.1) is 6.61 Å². The van der Waals surface area contributed by atoms with Crippen LogP contribution in [0.1, 0.15) is 31.9 Å². The van der Waals surface area contributed by atoms with Crippen molar-refractivity contribution >= 4 is 0 Å². The summed E-state index contributed by atoms with van der Waals surface area (Å²) in [5, 5.41) is 9.07. The summed E-state index contributed by atoms with van der Waals surface area (Å²) in [5.74, 6) is 0. The van der Waals surface area contributed by atoms with Gasteiger partial charge in [-0.05, 0) is 45.5 Å². The van der Waals surface area contributed by atoms with Crippen LogP contribution in [-0.4, -0.2) is 47.3 Å². The van der Waals surface area contributed by atoms with E-state index in [0.29, 0.717) is 0 Å². The SMILES string of the molecule is CN(CCCCC(C)(N)CO)CCc1ccccn1. The van der Waals surface area contributed by atoms with Crippen LogP contribution in [0.25, 0.3) is 0 Å². The maximum absolute atomic E-state index is 9.07. The maximum atomic E-state index is 9.07. The first-order valence-corrected chi connectivity index (χ1v) is 7.02. The Morgan fingerprint density at radius 2 is 2.11 bits per heavy atom. The Hall–Kier alpha value is -0.970. The van der Waals surface area contributed by atoms with Gasteiger partial charge in [0, 0.05) is 30.4 Å². The molecule has 108 valence electrons. The molecule has 1 aromatic rings. The minimum atomic E-state index is -0.424. The van der Waals surface area contributed by atoms with E-state index in [4.69, 9.17) is 10.8 Å². The summed E-state index contributed by atoms with van der Waals surface area (Å²) >= 11 is 0. The van der Waals surface area contributed by atoms with Crippen molar-refractivity contribution in [1.29, 1.82) is 0 Å². The molecule has 1 rings (SSSR count). The van der Waals surface area contributed by atoms with E-state index in [0.717, 1.165) is 44.5 Å². The first kappa shape index (κ1) is 16.1. The molecule has 0 amide bonds. The Morgan fingerprint density at radius 3 is 2.74 bits per heavy atom. The zero-order valence-corrected chi connectivity index (χ0v) is 12.2. The standard InChI is InChI=1S/C15H27N3O/c1-15(16,13-19)9-4-6-11-18(2)12-8-14-7-3-5-10-17-14/h3,5,7,10,19H,4,6,8-9,11-13,16H2,1-2H3. The fourth-order valence-electron chi connectivity index (χ4n) is 1.95. The lowest BCUT2D eigenvalue weighted by molar-refractivity contribution is 0.195. The van der Waals surface area contributed by atoms with Gasteiger partial charge in [0.25, 0.3) is 0 Å². The third kappa shape index (κ3) is 7.25. The zero-order valence-electron chi connectivity index (χ0n) is 12.2. The highest BCUT2D eigenvalue weighted by Crippen LogP contribution is 2.10. The number of nitrogens with zero attached hydrogens (tertiary/aromatic N) is 2. The van der Waals surface area contributed by atoms with Crippen molar-refractivity contribution in [3.63, 3.8) is 0 Å². The lowest BCUT2D eigenvalue weighted by Gasteiger charge is -2.22. The number of nitrogens with two attached hydrogens (primary N) is 1. The second-order valence-electron chi connectivity index (χ2n) is 5.64. The summed E-state index contributed by atoms with van der Waals surface area (Å²) in [4.78, 5) is 6.64. The average molecular weight is 265 g/mol. The molecule has 0 aromatic carbocycles. The van der Waals surface area contributed by atoms with Crippen LogP contribution >= 0.6 is 0 Å². The number of hydrogen-bond acceptors (Lipinski definition) is 4. The predicted molar refractivity (Wildman–Crippen MR) is 79.0 cm³/mol. The molecule has 1 atom stereocenters. The average Bonchev–Trinajstić information content (AvgIpc) is 2.42. The molecular formula is C15H27N3O. The summed E-state index contributed by atoms with van der Waals surface area (Å²) < 4.78 is 0. The highest BCUT2D eigenvalue weighted by molar-refractivity contribution is 5.03. The number of likely N-dealkylation sites (N-methyl/N-ethyl adjacent to an activating group) is 1. The Morgan fingerprint density at radius 1 is 1.32 bits per heavy atom. The van der Waals surface area contributed by atoms with Crippen LogP contribution in [-0.2, 0) is 6.42 Å². The van der Waals surface area contributed by atoms with Gasteiger partial charge in [0.2, 0.25) is 0 Å². The van der Waals surface area contributed by atoms with Crippen LogP contribution in [0.4, 0.5) is 0 Å². The molecule has 0 fully saturated rings. The molecule has 0 spiro atoms. The van der Waals surface area contributed by atoms with E-state index in [2.05, 4.69) is 23.0 Å². The second kappa shape index (κ2) is 8.25. The molecule has 3 N–H and O–H groups in total. The zero-order chi connectivity index (χ0) is 14.1. The Labute approximate surface area is 116 Å². The lowest BCUT2D eigenvalue weighted by Crippen LogP contribution is -2.40. The molecule has 1 heterocycles. The van der Waals surface area contributed by atoms with E-state index < -0.39 is 5.54 Å². The normalized spacial score (nSPS) is 14.6. The topological polar surface area (TPSA) is 62.4 Å². The van der Waals surface area contributed by atoms with E-state index in [9.17, 15) is 0 Å². The van der Waals surface area contributed by atoms with Crippen LogP contribution in [0.2, 0.25) is 0 Å². The van der Waals surface area contributed by atoms with Crippen molar-refractivity contribution in [3.8, 4) is 0 Å². The van der Waals surface area contributed by atoms with Crippen molar-refractivity contribution in [3.05, 3.63) is 30.1 Å². The first-order valence-electron chi connectivity index (χ1n) is 7.02. The largest absolute Gasteiger partial charge is 0.394 e. The Bertz CT molecular complexity index is 341. The van der Waals surface area contributed by atoms with Gasteiger partial charge in [0.1, 0.15) is 0 Å². The van der Waals surface area contributed by atoms with Crippen molar-refractivity contribution in [1.82, 2.24) is 9.88 Å². The fourth-order valence-corrected chi connectivity index (χ4v) is 1.95. The number of aliphatic hydroxyl groups excluding tert-OH is 1. The molecule has 0 radical (unpaired) electrons. The first-order chi connectivity index (χ1) is 9.03. The van der Waals surface area contributed by atoms with Gasteiger partial charge in [-0.1, -0.05) is 12.5 Å². The highest BCUT2D eigenvalue weighted by atomic mass is 16.3. The maximum Gasteiger partial charge on any atom is 0.0608 e. The molecule has 1 aromatic heterocycles. The van der Waals surface area contributed by atoms with Crippen molar-refractivity contribution in [2.75, 3.05) is 26.7 Å². The number of unbranched alkanes of at least 4 members (excludes halogenated alkanes) is 1. The van der Waals surface area contributed by atoms with E-state index in [1.165, 1.54) is 0 Å². The van der Waals surface area contributed by atoms with E-state index in [-0.39, 0.29) is 6.61 Å². The number of pyridine rings is 1. The van der Waals surface area contributed by atoms with Crippen LogP contribution < -0.4 is 5.73 Å². The van der Waals surface area contributed by atoms with Gasteiger partial charge < -0.3 is 15.7 Å². The monoisotopic (exact) mass is 265 g/mol. The molecule has 0 bridgehead atoms. The molecule has 0 aliphatic carbocycles. The summed E-state index contributed by atoms with van der Waals surface area (Å²) in [6, 6.07) is 6.03. The highest BCUT2D eigenvalue weighted by Gasteiger charge is 2.15. The van der Waals surface area contributed by atoms with Crippen molar-refractivity contribution in [2.45, 2.75) is 38.1 Å². The molecule has 0 saturated carbocycles. The predicted octanol–water partition coefficient (Wildman–Crippen LogP) is 1.44. The third-order valence-corrected chi connectivity index (χ3v) is 3.37. The van der Waals surface area contributed by atoms with Gasteiger partial charge in [-0.15, -0.1) is 0 Å². The molecule has 1 unspecified atom stereocenters. The summed E-state index contributed by atoms with van der Waals surface area (Å²) in [5.41, 5.74) is 6.61. The fraction of sp³-hybridized carbons (Fsp3) is 0.667. The second-order valence-corrected chi connectivity index (χ2v) is 5.64. The molecular weight excluding hydrogens is 238 g/mol. The molecule has 0 saturated heterocycles. The third-order valence-electron chi connectivity index (χ3n) is 3.37. The Kier molecular flexibility index (Phi) is 6.99. The Balaban J connectivity index is 2.10. The van der Waals surface area contributed by atoms with Gasteiger partial charge in [-0.3, -0.25) is 4.98 Å². The number of rotatable bonds is 9. The van der Waals surface area contributed by atoms with Crippen molar-refractivity contribution < 1.29 is 5.11 Å². The van der Waals surface area contributed by atoms with Gasteiger partial charge in [-0.2, -0.15) is 0 Å². The van der Waals surface area contributed by atoms with E-state index in [1.54, 1.807) is 0 Å². The molecule has 19 heavy (non-hydrogen) atoms. The molecule has 4 heteroatoms. The summed E-state index contributed by atoms with van der Waals surface area (Å²) in [7, 11) is 2.14. The lowest BCUT2D eigenvalue weighted by atomic mass is 9.97. The number of aliphatic hydroxyl groups is 1. The van der Waals surface area contributed by atoms with Gasteiger partial charge in [0.15, 0.2) is 0 Å². The van der Waals surface area contributed by atoms with Crippen LogP contribution in [0.3, 0.4) is 0 Å². The van der Waals surface area contributed by atoms with Crippen LogP contribution in [0, 0.1) is 0 Å². The number of hydrogen-bond donors (Lipinski definition) is 2. The van der Waals surface area contributed by atoms with Gasteiger partial charge in [-0.25, -0.2) is 0 Å². The molecule has 0 aliphatic heterocycles. The summed E-state index contributed by atoms with van der Waals surface area (Å²) in [6.07, 6.45) is 5.87. The van der Waals surface area contributed by atoms with Crippen LogP contribution in [0.15, 0.2) is 24.4 Å². The van der Waals surface area contributed by atoms with E-state index in [1.807, 2.05) is 25.3 Å². The van der Waals surface area contributed by atoms with Crippen molar-refractivity contribution in [2.24, 2.45) is 5.73 Å². The smallest absolute Gasteiger partial charge is 0.0608 e.